The van der Waals surface area contributed by atoms with Gasteiger partial charge in [0.25, 0.3) is 0 Å². The summed E-state index contributed by atoms with van der Waals surface area (Å²) in [6.07, 6.45) is 0. The van der Waals surface area contributed by atoms with Gasteiger partial charge in [-0.15, -0.1) is 0 Å². The Balaban J connectivity index is 0. The zero-order valence-corrected chi connectivity index (χ0v) is 4.57. The summed E-state index contributed by atoms with van der Waals surface area (Å²) < 4.78 is 0. The van der Waals surface area contributed by atoms with E-state index in [-0.39, 0.29) is 18.9 Å². The molecule has 0 nitrogen and oxygen atoms in total. The minimum atomic E-state index is 0. The minimum Gasteiger partial charge on any atom is 0 e. The summed E-state index contributed by atoms with van der Waals surface area (Å²) in [5.74, 6) is 0. The molecule has 0 heterocycles. The van der Waals surface area contributed by atoms with Crippen molar-refractivity contribution in [1.29, 1.82) is 0 Å². The Morgan fingerprint density at radius 3 is 1.25 bits per heavy atom. The summed E-state index contributed by atoms with van der Waals surface area (Å²) in [6, 6.07) is 0. The third-order valence-corrected chi connectivity index (χ3v) is 0. The number of rotatable bonds is 0. The molecular formula is Cl2LiNi. The van der Waals surface area contributed by atoms with Crippen LogP contribution < -0.4 is 0 Å². The molecule has 0 amide bonds. The first-order chi connectivity index (χ1) is 1.41. The van der Waals surface area contributed by atoms with Crippen LogP contribution in [0.25, 0.3) is 0 Å². The summed E-state index contributed by atoms with van der Waals surface area (Å²) in [4.78, 5) is 0. The van der Waals surface area contributed by atoms with Gasteiger partial charge in [0.15, 0.2) is 0 Å². The molecule has 25 valence electrons. The predicted molar refractivity (Wildman–Crippen MR) is 17.5 cm³/mol. The van der Waals surface area contributed by atoms with Crippen LogP contribution in [0.4, 0.5) is 0 Å². The maximum atomic E-state index is 4.70. The van der Waals surface area contributed by atoms with Gasteiger partial charge in [0, 0.05) is 18.9 Å². The maximum Gasteiger partial charge on any atom is 0 e. The van der Waals surface area contributed by atoms with Gasteiger partial charge in [-0.1, -0.05) is 0 Å². The van der Waals surface area contributed by atoms with Crippen LogP contribution in [0.1, 0.15) is 0 Å². The van der Waals surface area contributed by atoms with E-state index in [4.69, 9.17) is 20.4 Å². The molecular weight excluding hydrogens is 137 g/mol. The molecule has 0 aromatic carbocycles. The molecule has 0 aliphatic heterocycles. The van der Waals surface area contributed by atoms with Gasteiger partial charge >= 0.3 is 33.0 Å². The van der Waals surface area contributed by atoms with Gasteiger partial charge in [-0.25, -0.2) is 0 Å². The van der Waals surface area contributed by atoms with Gasteiger partial charge in [0.05, 0.1) is 0 Å². The molecule has 0 unspecified atom stereocenters. The SMILES string of the molecule is [Cl][Ni][Cl].[Li]. The number of hydrogen-bond acceptors (Lipinski definition) is 0. The van der Waals surface area contributed by atoms with Crippen molar-refractivity contribution in [2.75, 3.05) is 0 Å². The first-order valence-corrected chi connectivity index (χ1v) is 2.96. The van der Waals surface area contributed by atoms with Crippen molar-refractivity contribution in [1.82, 2.24) is 0 Å². The van der Waals surface area contributed by atoms with Crippen molar-refractivity contribution in [2.45, 2.75) is 0 Å². The first-order valence-electron chi connectivity index (χ1n) is 0.239. The predicted octanol–water partition coefficient (Wildman–Crippen LogP) is 0.996. The maximum absolute atomic E-state index is 4.70. The molecule has 0 bridgehead atoms. The second kappa shape index (κ2) is 8.82. The van der Waals surface area contributed by atoms with Crippen molar-refractivity contribution < 1.29 is 12.7 Å². The largest absolute Gasteiger partial charge is 0 e. The molecule has 0 saturated carbocycles. The zero-order chi connectivity index (χ0) is 2.71. The van der Waals surface area contributed by atoms with E-state index in [9.17, 15) is 0 Å². The Morgan fingerprint density at radius 2 is 1.25 bits per heavy atom. The summed E-state index contributed by atoms with van der Waals surface area (Å²) in [5, 5.41) is 0. The van der Waals surface area contributed by atoms with Crippen molar-refractivity contribution in [2.24, 2.45) is 0 Å². The van der Waals surface area contributed by atoms with Crippen LogP contribution >= 0.6 is 20.4 Å². The third kappa shape index (κ3) is 9.38. The fourth-order valence-electron chi connectivity index (χ4n) is 0. The summed E-state index contributed by atoms with van der Waals surface area (Å²) in [5.41, 5.74) is 0. The molecule has 0 aliphatic rings. The average molecular weight is 137 g/mol. The van der Waals surface area contributed by atoms with E-state index in [1.165, 1.54) is 0 Å². The smallest absolute Gasteiger partial charge is 0 e. The Labute approximate surface area is 51.8 Å². The van der Waals surface area contributed by atoms with Gasteiger partial charge in [-0.2, -0.15) is 0 Å². The number of hydrogen-bond donors (Lipinski definition) is 0. The van der Waals surface area contributed by atoms with E-state index in [0.29, 0.717) is 12.7 Å². The Kier molecular flexibility index (Phi) is 20.3. The third-order valence-electron chi connectivity index (χ3n) is 0. The first kappa shape index (κ1) is 9.18. The van der Waals surface area contributed by atoms with E-state index < -0.39 is 0 Å². The van der Waals surface area contributed by atoms with Crippen molar-refractivity contribution in [3.8, 4) is 0 Å². The zero-order valence-electron chi connectivity index (χ0n) is 2.07. The van der Waals surface area contributed by atoms with Crippen molar-refractivity contribution in [3.63, 3.8) is 0 Å². The molecule has 0 aliphatic carbocycles. The molecule has 0 aromatic heterocycles. The van der Waals surface area contributed by atoms with Gasteiger partial charge in [-0.3, -0.25) is 0 Å². The summed E-state index contributed by atoms with van der Waals surface area (Å²) in [7, 11) is 9.40. The Morgan fingerprint density at radius 1 is 1.25 bits per heavy atom. The van der Waals surface area contributed by atoms with E-state index in [1.807, 2.05) is 0 Å². The molecule has 1 radical (unpaired) electrons. The van der Waals surface area contributed by atoms with Crippen LogP contribution in [0.2, 0.25) is 0 Å². The molecule has 4 heteroatoms. The van der Waals surface area contributed by atoms with Gasteiger partial charge in [0.1, 0.15) is 0 Å². The van der Waals surface area contributed by atoms with Crippen LogP contribution in [0, 0.1) is 0 Å². The molecule has 0 fully saturated rings. The number of halogens is 2. The van der Waals surface area contributed by atoms with Crippen molar-refractivity contribution in [3.05, 3.63) is 0 Å². The van der Waals surface area contributed by atoms with E-state index in [1.54, 1.807) is 0 Å². The summed E-state index contributed by atoms with van der Waals surface area (Å²) >= 11 is 0.569. The minimum absolute atomic E-state index is 0. The standard InChI is InChI=1S/2ClH.Li.Ni/h2*1H;;/q;;;+2/p-2. The van der Waals surface area contributed by atoms with Gasteiger partial charge < -0.3 is 0 Å². The quantitative estimate of drug-likeness (QED) is 0.436. The fraction of sp³-hybridized carbons (Fsp3) is 0. The van der Waals surface area contributed by atoms with Crippen molar-refractivity contribution >= 4 is 39.2 Å². The van der Waals surface area contributed by atoms with E-state index >= 15 is 0 Å². The second-order valence-corrected chi connectivity index (χ2v) is 1.68. The molecule has 4 heavy (non-hydrogen) atoms. The molecule has 0 atom stereocenters. The monoisotopic (exact) mass is 135 g/mol. The molecule has 0 rings (SSSR count). The van der Waals surface area contributed by atoms with Crippen LogP contribution in [0.3, 0.4) is 0 Å². The van der Waals surface area contributed by atoms with Crippen LogP contribution in [0.15, 0.2) is 0 Å². The second-order valence-electron chi connectivity index (χ2n) is 0.0452. The molecule has 0 spiro atoms. The Hall–Kier alpha value is 1.67. The van der Waals surface area contributed by atoms with Crippen LogP contribution in [-0.4, -0.2) is 18.9 Å². The van der Waals surface area contributed by atoms with Gasteiger partial charge in [0.2, 0.25) is 0 Å². The normalized spacial score (nSPS) is 5.50. The van der Waals surface area contributed by atoms with E-state index in [2.05, 4.69) is 0 Å². The topological polar surface area (TPSA) is 0 Å². The average Bonchev–Trinajstić information content (AvgIpc) is 0.918. The Bertz CT molecular complexity index is 6.00. The fourth-order valence-corrected chi connectivity index (χ4v) is 0. The molecule has 0 N–H and O–H groups in total. The van der Waals surface area contributed by atoms with E-state index in [0.717, 1.165) is 0 Å². The van der Waals surface area contributed by atoms with Crippen LogP contribution in [-0.2, 0) is 12.7 Å². The van der Waals surface area contributed by atoms with Crippen LogP contribution in [0.5, 0.6) is 0 Å². The molecule has 0 aromatic rings. The molecule has 0 saturated heterocycles. The summed E-state index contributed by atoms with van der Waals surface area (Å²) in [6.45, 7) is 0. The van der Waals surface area contributed by atoms with Gasteiger partial charge in [-0.05, 0) is 0 Å².